The van der Waals surface area contributed by atoms with E-state index in [1.807, 2.05) is 2.89 Å². The summed E-state index contributed by atoms with van der Waals surface area (Å²) in [5.74, 6) is 1.25. The van der Waals surface area contributed by atoms with E-state index < -0.39 is 36.8 Å². The molecule has 0 saturated heterocycles. The van der Waals surface area contributed by atoms with E-state index in [1.54, 1.807) is 13.3 Å². The van der Waals surface area contributed by atoms with Crippen LogP contribution in [0, 0.1) is 13.8 Å². The van der Waals surface area contributed by atoms with Crippen LogP contribution in [0.3, 0.4) is 0 Å². The van der Waals surface area contributed by atoms with Crippen molar-refractivity contribution < 1.29 is 4.42 Å². The second-order valence-corrected chi connectivity index (χ2v) is 40.6. The van der Waals surface area contributed by atoms with E-state index in [4.69, 9.17) is 4.42 Å². The molecule has 0 unspecified atom stereocenters. The molecule has 0 spiro atoms. The molecule has 0 amide bonds. The molecule has 0 saturated carbocycles. The van der Waals surface area contributed by atoms with Crippen LogP contribution in [-0.2, 0) is 0 Å². The summed E-state index contributed by atoms with van der Waals surface area (Å²) in [4.78, 5) is 1.48. The van der Waals surface area contributed by atoms with E-state index in [0.717, 1.165) is 0 Å². The predicted octanol–water partition coefficient (Wildman–Crippen LogP) is 11.7. The maximum atomic E-state index is 7.13. The molecule has 0 aliphatic heterocycles. The Labute approximate surface area is 250 Å². The van der Waals surface area contributed by atoms with Crippen molar-refractivity contribution in [3.63, 3.8) is 0 Å². The van der Waals surface area contributed by atoms with E-state index in [1.165, 1.54) is 116 Å². The Morgan fingerprint density at radius 3 is 1.34 bits per heavy atom. The second kappa shape index (κ2) is 18.2. The fourth-order valence-corrected chi connectivity index (χ4v) is 42.5. The van der Waals surface area contributed by atoms with E-state index >= 15 is 0 Å². The molecule has 1 nitrogen and oxygen atoms in total. The monoisotopic (exact) mass is 758 g/mol. The van der Waals surface area contributed by atoms with Gasteiger partial charge in [0, 0.05) is 0 Å². The SMILES string of the molecule is CCC[CH2][Sn]([CH2]CCC)([CH2]CCC)[c]1cc(C)c(-c2s[c]([Sn]([CH2]CCC)([CH2]CCC)[CH2]CCC)cc2C)o1. The molecule has 218 valence electrons. The number of aryl methyl sites for hydroxylation is 2. The standard InChI is InChI=1S/C10H8OS.6C4H9.2Sn/c1-7-3-5-11-9(7)10-8(2)4-6-12-10;6*1-3-4-2;;/h3-4H,1-2H3;6*1,3-4H2,2H3;;. The summed E-state index contributed by atoms with van der Waals surface area (Å²) in [7, 11) is 0. The molecule has 0 aliphatic carbocycles. The summed E-state index contributed by atoms with van der Waals surface area (Å²) in [6.07, 6.45) is 16.5. The minimum absolute atomic E-state index is 1.25. The van der Waals surface area contributed by atoms with Crippen LogP contribution in [0.15, 0.2) is 16.5 Å². The molecule has 2 rings (SSSR count). The Balaban J connectivity index is 2.57. The fraction of sp³-hybridized carbons (Fsp3) is 0.765. The summed E-state index contributed by atoms with van der Waals surface area (Å²) in [5.41, 5.74) is 2.91. The van der Waals surface area contributed by atoms with Crippen molar-refractivity contribution in [1.82, 2.24) is 0 Å². The van der Waals surface area contributed by atoms with Crippen LogP contribution in [0.1, 0.15) is 130 Å². The van der Waals surface area contributed by atoms with Crippen molar-refractivity contribution in [2.45, 2.75) is 159 Å². The average Bonchev–Trinajstić information content (AvgIpc) is 3.50. The maximum absolute atomic E-state index is 7.13. The number of hydrogen-bond donors (Lipinski definition) is 0. The summed E-state index contributed by atoms with van der Waals surface area (Å²) in [6.45, 7) is 19.0. The van der Waals surface area contributed by atoms with Gasteiger partial charge in [-0.25, -0.2) is 0 Å². The van der Waals surface area contributed by atoms with Gasteiger partial charge in [-0.05, 0) is 0 Å². The summed E-state index contributed by atoms with van der Waals surface area (Å²) < 4.78 is 19.6. The number of rotatable bonds is 21. The van der Waals surface area contributed by atoms with Gasteiger partial charge in [0.2, 0.25) is 0 Å². The van der Waals surface area contributed by atoms with Gasteiger partial charge >= 0.3 is 252 Å². The first kappa shape index (κ1) is 34.8. The zero-order valence-electron chi connectivity index (χ0n) is 26.7. The van der Waals surface area contributed by atoms with E-state index in [-0.39, 0.29) is 0 Å². The molecule has 38 heavy (non-hydrogen) atoms. The van der Waals surface area contributed by atoms with Crippen LogP contribution in [0.2, 0.25) is 26.6 Å². The van der Waals surface area contributed by atoms with Crippen LogP contribution in [0.5, 0.6) is 0 Å². The fourth-order valence-electron chi connectivity index (χ4n) is 6.52. The van der Waals surface area contributed by atoms with Crippen LogP contribution in [0.25, 0.3) is 10.6 Å². The average molecular weight is 756 g/mol. The summed E-state index contributed by atoms with van der Waals surface area (Å²) >= 11 is -2.81. The number of thiophene rings is 1. The van der Waals surface area contributed by atoms with E-state index in [2.05, 4.69) is 78.9 Å². The van der Waals surface area contributed by atoms with Gasteiger partial charge in [0.25, 0.3) is 0 Å². The second-order valence-electron chi connectivity index (χ2n) is 12.4. The zero-order chi connectivity index (χ0) is 28.0. The Hall–Kier alpha value is 0.577. The first-order chi connectivity index (χ1) is 18.4. The molecular weight excluding hydrogens is 694 g/mol. The molecule has 0 bridgehead atoms. The van der Waals surface area contributed by atoms with Gasteiger partial charge in [0.1, 0.15) is 0 Å². The van der Waals surface area contributed by atoms with Gasteiger partial charge in [-0.3, -0.25) is 0 Å². The third kappa shape index (κ3) is 9.29. The van der Waals surface area contributed by atoms with Crippen LogP contribution in [-0.4, -0.2) is 36.8 Å². The molecule has 0 atom stereocenters. The molecule has 0 aromatic carbocycles. The third-order valence-electron chi connectivity index (χ3n) is 9.14. The van der Waals surface area contributed by atoms with Gasteiger partial charge in [-0.15, -0.1) is 0 Å². The molecule has 0 N–H and O–H groups in total. The summed E-state index contributed by atoms with van der Waals surface area (Å²) in [5, 5.41) is 0. The number of unbranched alkanes of at least 4 members (excludes halogenated alkanes) is 6. The first-order valence-corrected chi connectivity index (χ1v) is 32.4. The van der Waals surface area contributed by atoms with Crippen molar-refractivity contribution in [3.05, 3.63) is 23.3 Å². The third-order valence-corrected chi connectivity index (χ3v) is 43.5. The molecule has 0 radical (unpaired) electrons. The number of furan rings is 1. The molecule has 4 heteroatoms. The van der Waals surface area contributed by atoms with Gasteiger partial charge < -0.3 is 0 Å². The van der Waals surface area contributed by atoms with Crippen LogP contribution < -0.4 is 6.67 Å². The van der Waals surface area contributed by atoms with Crippen molar-refractivity contribution >= 4 is 54.8 Å². The van der Waals surface area contributed by atoms with Crippen molar-refractivity contribution in [2.24, 2.45) is 0 Å². The molecular formula is C34H62OSSn2. The Morgan fingerprint density at radius 1 is 0.553 bits per heavy atom. The number of hydrogen-bond acceptors (Lipinski definition) is 2. The van der Waals surface area contributed by atoms with Crippen molar-refractivity contribution in [1.29, 1.82) is 0 Å². The molecule has 0 fully saturated rings. The van der Waals surface area contributed by atoms with Gasteiger partial charge in [-0.1, -0.05) is 0 Å². The summed E-state index contributed by atoms with van der Waals surface area (Å²) in [6, 6.07) is 5.22. The van der Waals surface area contributed by atoms with Gasteiger partial charge in [0.05, 0.1) is 0 Å². The molecule has 0 aliphatic rings. The van der Waals surface area contributed by atoms with E-state index in [9.17, 15) is 0 Å². The van der Waals surface area contributed by atoms with Crippen LogP contribution in [0.4, 0.5) is 0 Å². The van der Waals surface area contributed by atoms with Gasteiger partial charge in [-0.2, -0.15) is 0 Å². The van der Waals surface area contributed by atoms with E-state index in [0.29, 0.717) is 0 Å². The van der Waals surface area contributed by atoms with Crippen molar-refractivity contribution in [3.8, 4) is 10.6 Å². The molecule has 2 heterocycles. The molecule has 2 aromatic heterocycles. The predicted molar refractivity (Wildman–Crippen MR) is 181 cm³/mol. The van der Waals surface area contributed by atoms with Gasteiger partial charge in [0.15, 0.2) is 0 Å². The van der Waals surface area contributed by atoms with Crippen molar-refractivity contribution in [2.75, 3.05) is 0 Å². The topological polar surface area (TPSA) is 13.1 Å². The quantitative estimate of drug-likeness (QED) is 0.116. The normalized spacial score (nSPS) is 12.5. The zero-order valence-corrected chi connectivity index (χ0v) is 33.2. The Kier molecular flexibility index (Phi) is 16.6. The first-order valence-electron chi connectivity index (χ1n) is 16.6. The molecule has 2 aromatic rings. The Morgan fingerprint density at radius 2 is 0.947 bits per heavy atom. The van der Waals surface area contributed by atoms with Crippen LogP contribution >= 0.6 is 11.3 Å². The Bertz CT molecular complexity index is 794. The minimum atomic E-state index is -2.57.